The molecule has 0 fully saturated rings. The highest BCUT2D eigenvalue weighted by Crippen LogP contribution is 2.25. The number of fused-ring (bicyclic) bond motifs is 1. The molecule has 0 spiro atoms. The molecule has 0 radical (unpaired) electrons. The Morgan fingerprint density at radius 1 is 1.09 bits per heavy atom. The molecule has 4 heteroatoms. The second-order valence-electron chi connectivity index (χ2n) is 5.79. The normalized spacial score (nSPS) is 12.7. The number of rotatable bonds is 6. The van der Waals surface area contributed by atoms with Crippen LogP contribution in [0.4, 0.5) is 5.69 Å². The third kappa shape index (κ3) is 4.58. The van der Waals surface area contributed by atoms with Gasteiger partial charge in [0.25, 0.3) is 0 Å². The predicted octanol–water partition coefficient (Wildman–Crippen LogP) is 4.74. The van der Waals surface area contributed by atoms with Crippen molar-refractivity contribution < 1.29 is 9.53 Å². The zero-order chi connectivity index (χ0) is 16.1. The van der Waals surface area contributed by atoms with E-state index < -0.39 is 0 Å². The van der Waals surface area contributed by atoms with E-state index in [0.717, 1.165) is 28.8 Å². The Balaban J connectivity index is 1.40. The van der Waals surface area contributed by atoms with Crippen LogP contribution >= 0.6 is 15.9 Å². The lowest BCUT2D eigenvalue weighted by Gasteiger charge is -2.08. The van der Waals surface area contributed by atoms with E-state index in [4.69, 9.17) is 4.74 Å². The maximum atomic E-state index is 12.0. The Kier molecular flexibility index (Phi) is 5.34. The predicted molar refractivity (Wildman–Crippen MR) is 96.0 cm³/mol. The van der Waals surface area contributed by atoms with Crippen molar-refractivity contribution in [1.82, 2.24) is 0 Å². The largest absolute Gasteiger partial charge is 0.494 e. The van der Waals surface area contributed by atoms with Gasteiger partial charge >= 0.3 is 0 Å². The quantitative estimate of drug-likeness (QED) is 0.742. The molecule has 3 nitrogen and oxygen atoms in total. The minimum atomic E-state index is 0.0438. The fourth-order valence-electron chi connectivity index (χ4n) is 2.83. The lowest BCUT2D eigenvalue weighted by atomic mass is 10.1. The number of hydrogen-bond acceptors (Lipinski definition) is 2. The molecule has 0 atom stereocenters. The zero-order valence-electron chi connectivity index (χ0n) is 13.0. The molecular weight excluding hydrogens is 354 g/mol. The molecular formula is C19H20BrNO2. The van der Waals surface area contributed by atoms with Gasteiger partial charge in [-0.1, -0.05) is 22.0 Å². The van der Waals surface area contributed by atoms with Crippen molar-refractivity contribution in [3.8, 4) is 5.75 Å². The van der Waals surface area contributed by atoms with Gasteiger partial charge in [-0.3, -0.25) is 4.79 Å². The first-order valence-corrected chi connectivity index (χ1v) is 8.80. The number of carbonyl (C=O) groups excluding carboxylic acids is 1. The van der Waals surface area contributed by atoms with Crippen LogP contribution in [0.3, 0.4) is 0 Å². The van der Waals surface area contributed by atoms with Crippen LogP contribution < -0.4 is 10.1 Å². The van der Waals surface area contributed by atoms with Crippen LogP contribution in [0.15, 0.2) is 46.9 Å². The highest BCUT2D eigenvalue weighted by Gasteiger charge is 2.11. The summed E-state index contributed by atoms with van der Waals surface area (Å²) >= 11 is 3.39. The molecule has 1 aliphatic rings. The number of nitrogens with one attached hydrogen (secondary N) is 1. The molecule has 2 aromatic carbocycles. The number of hydrogen-bond donors (Lipinski definition) is 1. The van der Waals surface area contributed by atoms with E-state index in [1.165, 1.54) is 17.5 Å². The fraction of sp³-hybridized carbons (Fsp3) is 0.316. The summed E-state index contributed by atoms with van der Waals surface area (Å²) in [5.41, 5.74) is 3.71. The van der Waals surface area contributed by atoms with E-state index in [-0.39, 0.29) is 5.91 Å². The lowest BCUT2D eigenvalue weighted by Crippen LogP contribution is -2.13. The van der Waals surface area contributed by atoms with Gasteiger partial charge in [-0.2, -0.15) is 0 Å². The minimum absolute atomic E-state index is 0.0438. The minimum Gasteiger partial charge on any atom is -0.494 e. The average Bonchev–Trinajstić information content (AvgIpc) is 3.01. The van der Waals surface area contributed by atoms with E-state index in [1.54, 1.807) is 0 Å². The second-order valence-corrected chi connectivity index (χ2v) is 6.71. The van der Waals surface area contributed by atoms with E-state index in [0.29, 0.717) is 19.4 Å². The zero-order valence-corrected chi connectivity index (χ0v) is 14.6. The third-order valence-corrected chi connectivity index (χ3v) is 4.54. The first-order chi connectivity index (χ1) is 11.2. The number of aryl methyl sites for hydroxylation is 2. The van der Waals surface area contributed by atoms with Crippen LogP contribution in [0.5, 0.6) is 5.75 Å². The summed E-state index contributed by atoms with van der Waals surface area (Å²) in [4.78, 5) is 12.0. The molecule has 120 valence electrons. The van der Waals surface area contributed by atoms with Gasteiger partial charge in [0.1, 0.15) is 5.75 Å². The molecule has 1 aliphatic carbocycles. The molecule has 2 aromatic rings. The molecule has 0 bridgehead atoms. The number of ether oxygens (including phenoxy) is 1. The number of benzene rings is 2. The summed E-state index contributed by atoms with van der Waals surface area (Å²) < 4.78 is 6.65. The molecule has 1 amide bonds. The molecule has 23 heavy (non-hydrogen) atoms. The first-order valence-electron chi connectivity index (χ1n) is 8.01. The topological polar surface area (TPSA) is 38.3 Å². The third-order valence-electron chi connectivity index (χ3n) is 4.01. The van der Waals surface area contributed by atoms with Crippen LogP contribution in [-0.2, 0) is 17.6 Å². The van der Waals surface area contributed by atoms with Crippen molar-refractivity contribution in [2.24, 2.45) is 0 Å². The standard InChI is InChI=1S/C19H20BrNO2/c20-16-7-10-18(11-8-16)23-12-2-5-19(22)21-17-9-6-14-3-1-4-15(14)13-17/h6-11,13H,1-5,12H2,(H,21,22). The smallest absolute Gasteiger partial charge is 0.224 e. The van der Waals surface area contributed by atoms with Gasteiger partial charge in [-0.15, -0.1) is 0 Å². The van der Waals surface area contributed by atoms with Crippen molar-refractivity contribution in [3.05, 3.63) is 58.1 Å². The van der Waals surface area contributed by atoms with E-state index >= 15 is 0 Å². The van der Waals surface area contributed by atoms with Crippen LogP contribution in [-0.4, -0.2) is 12.5 Å². The van der Waals surface area contributed by atoms with Gasteiger partial charge < -0.3 is 10.1 Å². The molecule has 0 aromatic heterocycles. The van der Waals surface area contributed by atoms with E-state index in [1.807, 2.05) is 30.3 Å². The number of carbonyl (C=O) groups is 1. The monoisotopic (exact) mass is 373 g/mol. The molecule has 0 unspecified atom stereocenters. The number of amides is 1. The Bertz CT molecular complexity index is 682. The average molecular weight is 374 g/mol. The summed E-state index contributed by atoms with van der Waals surface area (Å²) in [5.74, 6) is 0.870. The van der Waals surface area contributed by atoms with E-state index in [9.17, 15) is 4.79 Å². The van der Waals surface area contributed by atoms with Crippen molar-refractivity contribution in [2.75, 3.05) is 11.9 Å². The van der Waals surface area contributed by atoms with Crippen molar-refractivity contribution in [3.63, 3.8) is 0 Å². The Morgan fingerprint density at radius 3 is 2.70 bits per heavy atom. The summed E-state index contributed by atoms with van der Waals surface area (Å²) in [5, 5.41) is 2.98. The Morgan fingerprint density at radius 2 is 1.87 bits per heavy atom. The van der Waals surface area contributed by atoms with Gasteiger partial charge in [-0.05, 0) is 73.2 Å². The van der Waals surface area contributed by atoms with Gasteiger partial charge in [0.05, 0.1) is 6.61 Å². The van der Waals surface area contributed by atoms with Gasteiger partial charge in [0.15, 0.2) is 0 Å². The summed E-state index contributed by atoms with van der Waals surface area (Å²) in [6.45, 7) is 0.541. The highest BCUT2D eigenvalue weighted by molar-refractivity contribution is 9.10. The highest BCUT2D eigenvalue weighted by atomic mass is 79.9. The van der Waals surface area contributed by atoms with Crippen molar-refractivity contribution >= 4 is 27.5 Å². The molecule has 0 heterocycles. The van der Waals surface area contributed by atoms with Crippen LogP contribution in [0.1, 0.15) is 30.4 Å². The maximum Gasteiger partial charge on any atom is 0.224 e. The molecule has 1 N–H and O–H groups in total. The number of halogens is 1. The molecule has 3 rings (SSSR count). The fourth-order valence-corrected chi connectivity index (χ4v) is 3.09. The van der Waals surface area contributed by atoms with Crippen LogP contribution in [0, 0.1) is 0 Å². The summed E-state index contributed by atoms with van der Waals surface area (Å²) in [6.07, 6.45) is 4.68. The summed E-state index contributed by atoms with van der Waals surface area (Å²) in [7, 11) is 0. The Hall–Kier alpha value is -1.81. The van der Waals surface area contributed by atoms with Crippen molar-refractivity contribution in [1.29, 1.82) is 0 Å². The second kappa shape index (κ2) is 7.64. The van der Waals surface area contributed by atoms with Gasteiger partial charge in [0, 0.05) is 16.6 Å². The molecule has 0 aliphatic heterocycles. The van der Waals surface area contributed by atoms with E-state index in [2.05, 4.69) is 33.4 Å². The molecule has 0 saturated carbocycles. The lowest BCUT2D eigenvalue weighted by molar-refractivity contribution is -0.116. The van der Waals surface area contributed by atoms with Crippen LogP contribution in [0.25, 0.3) is 0 Å². The number of anilines is 1. The van der Waals surface area contributed by atoms with Crippen LogP contribution in [0.2, 0.25) is 0 Å². The van der Waals surface area contributed by atoms with Crippen molar-refractivity contribution in [2.45, 2.75) is 32.1 Å². The van der Waals surface area contributed by atoms with Gasteiger partial charge in [-0.25, -0.2) is 0 Å². The van der Waals surface area contributed by atoms with Gasteiger partial charge in [0.2, 0.25) is 5.91 Å². The summed E-state index contributed by atoms with van der Waals surface area (Å²) in [6, 6.07) is 13.9. The molecule has 0 saturated heterocycles. The Labute approximate surface area is 145 Å². The SMILES string of the molecule is O=C(CCCOc1ccc(Br)cc1)Nc1ccc2c(c1)CCC2. The maximum absolute atomic E-state index is 12.0. The first kappa shape index (κ1) is 16.1.